The van der Waals surface area contributed by atoms with Crippen LogP contribution in [0.15, 0.2) is 24.3 Å². The number of rotatable bonds is 4. The molecule has 3 aromatic rings. The maximum atomic E-state index is 12.2. The van der Waals surface area contributed by atoms with E-state index < -0.39 is 0 Å². The number of hydrogen-bond donors (Lipinski definition) is 1. The van der Waals surface area contributed by atoms with Crippen LogP contribution in [-0.2, 0) is 11.2 Å². The number of carbonyl (C=O) groups is 2. The van der Waals surface area contributed by atoms with E-state index in [1.807, 2.05) is 31.2 Å². The highest BCUT2D eigenvalue weighted by Crippen LogP contribution is 2.28. The molecule has 2 heterocycles. The molecule has 0 fully saturated rings. The van der Waals surface area contributed by atoms with Gasteiger partial charge in [-0.15, -0.1) is 0 Å². The molecule has 138 valence electrons. The van der Waals surface area contributed by atoms with Gasteiger partial charge in [-0.3, -0.25) is 14.9 Å². The Morgan fingerprint density at radius 2 is 2.07 bits per heavy atom. The molecule has 1 amide bonds. The highest BCUT2D eigenvalue weighted by molar-refractivity contribution is 7.20. The number of carbonyl (C=O) groups excluding carboxylic acids is 2. The minimum absolute atomic E-state index is 0.0679. The van der Waals surface area contributed by atoms with Gasteiger partial charge in [-0.25, -0.2) is 15.0 Å². The van der Waals surface area contributed by atoms with Gasteiger partial charge in [0, 0.05) is 6.42 Å². The molecule has 0 saturated carbocycles. The van der Waals surface area contributed by atoms with Crippen LogP contribution in [0.3, 0.4) is 0 Å². The van der Waals surface area contributed by atoms with Gasteiger partial charge in [0.25, 0.3) is 11.1 Å². The average Bonchev–Trinajstić information content (AvgIpc) is 3.02. The van der Waals surface area contributed by atoms with Gasteiger partial charge in [0.2, 0.25) is 5.95 Å². The predicted octanol–water partition coefficient (Wildman–Crippen LogP) is 3.18. The lowest BCUT2D eigenvalue weighted by atomic mass is 9.86. The summed E-state index contributed by atoms with van der Waals surface area (Å²) in [5.41, 5.74) is 2.73. The summed E-state index contributed by atoms with van der Waals surface area (Å²) in [6, 6.07) is 7.68. The van der Waals surface area contributed by atoms with Gasteiger partial charge in [-0.2, -0.15) is 0 Å². The van der Waals surface area contributed by atoms with E-state index in [0.29, 0.717) is 35.0 Å². The van der Waals surface area contributed by atoms with Crippen molar-refractivity contribution in [2.45, 2.75) is 26.7 Å². The summed E-state index contributed by atoms with van der Waals surface area (Å²) in [5.74, 6) is 0.137. The van der Waals surface area contributed by atoms with Gasteiger partial charge in [0.1, 0.15) is 0 Å². The Kier molecular flexibility index (Phi) is 4.57. The zero-order chi connectivity index (χ0) is 19.0. The van der Waals surface area contributed by atoms with E-state index in [1.165, 1.54) is 11.3 Å². The van der Waals surface area contributed by atoms with Crippen molar-refractivity contribution in [2.75, 3.05) is 11.9 Å². The van der Waals surface area contributed by atoms with Crippen LogP contribution >= 0.6 is 11.3 Å². The zero-order valence-corrected chi connectivity index (χ0v) is 15.8. The van der Waals surface area contributed by atoms with E-state index >= 15 is 0 Å². The molecular weight excluding hydrogens is 364 g/mol. The lowest BCUT2D eigenvalue weighted by molar-refractivity contribution is -0.118. The second-order valence-corrected chi connectivity index (χ2v) is 7.67. The number of para-hydroxylation sites is 1. The lowest BCUT2D eigenvalue weighted by Crippen LogP contribution is -2.25. The first-order valence-electron chi connectivity index (χ1n) is 8.68. The minimum atomic E-state index is -0.371. The van der Waals surface area contributed by atoms with Gasteiger partial charge in [0.15, 0.2) is 12.4 Å². The third-order valence-electron chi connectivity index (χ3n) is 4.37. The number of Topliss-reactive ketones (excluding diaryl/α,β-unsaturated/α-hetero) is 1. The smallest absolute Gasteiger partial charge is 0.274 e. The van der Waals surface area contributed by atoms with Crippen molar-refractivity contribution in [3.8, 4) is 5.19 Å². The number of aryl methyl sites for hydroxylation is 1. The van der Waals surface area contributed by atoms with Gasteiger partial charge in [-0.05, 0) is 31.4 Å². The standard InChI is InChI=1S/C19H18N4O3S/c1-10-7-13-17(14(24)8-10)11(2)20-18(21-13)23-16(25)9-26-19-22-12-5-3-4-6-15(12)27-19/h3-6,10H,7-9H2,1-2H3,(H,20,21,23,25)/t10-/m0/s1. The van der Waals surface area contributed by atoms with Crippen molar-refractivity contribution in [1.82, 2.24) is 15.0 Å². The van der Waals surface area contributed by atoms with Gasteiger partial charge >= 0.3 is 0 Å². The van der Waals surface area contributed by atoms with E-state index in [2.05, 4.69) is 20.3 Å². The average molecular weight is 382 g/mol. The van der Waals surface area contributed by atoms with Crippen LogP contribution in [-0.4, -0.2) is 33.2 Å². The Morgan fingerprint density at radius 3 is 2.89 bits per heavy atom. The molecule has 7 nitrogen and oxygen atoms in total. The third-order valence-corrected chi connectivity index (χ3v) is 5.32. The molecule has 27 heavy (non-hydrogen) atoms. The molecule has 0 saturated heterocycles. The van der Waals surface area contributed by atoms with Crippen molar-refractivity contribution in [3.05, 3.63) is 41.2 Å². The van der Waals surface area contributed by atoms with Crippen LogP contribution in [0, 0.1) is 12.8 Å². The fraction of sp³-hybridized carbons (Fsp3) is 0.316. The molecule has 1 atom stereocenters. The van der Waals surface area contributed by atoms with Crippen molar-refractivity contribution in [1.29, 1.82) is 0 Å². The van der Waals surface area contributed by atoms with Crippen molar-refractivity contribution < 1.29 is 14.3 Å². The highest BCUT2D eigenvalue weighted by Gasteiger charge is 2.26. The normalized spacial score (nSPS) is 16.2. The SMILES string of the molecule is Cc1nc(NC(=O)COc2nc3ccccc3s2)nc2c1C(=O)C[C@@H](C)C2. The first-order valence-corrected chi connectivity index (χ1v) is 9.50. The number of aromatic nitrogens is 3. The molecule has 4 rings (SSSR count). The van der Waals surface area contributed by atoms with Crippen LogP contribution in [0.5, 0.6) is 5.19 Å². The first kappa shape index (κ1) is 17.5. The number of ether oxygens (including phenoxy) is 1. The summed E-state index contributed by atoms with van der Waals surface area (Å²) in [6.07, 6.45) is 1.22. The number of nitrogens with one attached hydrogen (secondary N) is 1. The van der Waals surface area contributed by atoms with E-state index in [9.17, 15) is 9.59 Å². The van der Waals surface area contributed by atoms with Crippen molar-refractivity contribution in [3.63, 3.8) is 0 Å². The number of anilines is 1. The van der Waals surface area contributed by atoms with E-state index in [-0.39, 0.29) is 30.2 Å². The monoisotopic (exact) mass is 382 g/mol. The molecular formula is C19H18N4O3S. The first-order chi connectivity index (χ1) is 13.0. The predicted molar refractivity (Wildman–Crippen MR) is 102 cm³/mol. The summed E-state index contributed by atoms with van der Waals surface area (Å²) in [5, 5.41) is 3.08. The maximum Gasteiger partial charge on any atom is 0.274 e. The van der Waals surface area contributed by atoms with Gasteiger partial charge in [-0.1, -0.05) is 30.4 Å². The second kappa shape index (κ2) is 7.03. The molecule has 0 aliphatic heterocycles. The van der Waals surface area contributed by atoms with Crippen LogP contribution in [0.1, 0.15) is 35.1 Å². The molecule has 1 aromatic carbocycles. The summed E-state index contributed by atoms with van der Waals surface area (Å²) in [7, 11) is 0. The molecule has 0 radical (unpaired) electrons. The molecule has 8 heteroatoms. The number of benzene rings is 1. The number of hydrogen-bond acceptors (Lipinski definition) is 7. The fourth-order valence-corrected chi connectivity index (χ4v) is 4.04. The molecule has 0 spiro atoms. The zero-order valence-electron chi connectivity index (χ0n) is 15.0. The number of nitrogens with zero attached hydrogens (tertiary/aromatic N) is 3. The van der Waals surface area contributed by atoms with Crippen LogP contribution in [0.4, 0.5) is 5.95 Å². The second-order valence-electron chi connectivity index (χ2n) is 6.68. The fourth-order valence-electron chi connectivity index (χ4n) is 3.22. The Balaban J connectivity index is 1.44. The molecule has 1 N–H and O–H groups in total. The Bertz CT molecular complexity index is 1010. The quantitative estimate of drug-likeness (QED) is 0.745. The number of amides is 1. The topological polar surface area (TPSA) is 94.1 Å². The van der Waals surface area contributed by atoms with Crippen LogP contribution < -0.4 is 10.1 Å². The third kappa shape index (κ3) is 3.66. The van der Waals surface area contributed by atoms with E-state index in [4.69, 9.17) is 4.74 Å². The van der Waals surface area contributed by atoms with Crippen LogP contribution in [0.2, 0.25) is 0 Å². The van der Waals surface area contributed by atoms with E-state index in [0.717, 1.165) is 10.2 Å². The number of fused-ring (bicyclic) bond motifs is 2. The Labute approximate surface area is 159 Å². The molecule has 0 unspecified atom stereocenters. The Morgan fingerprint density at radius 1 is 1.26 bits per heavy atom. The summed E-state index contributed by atoms with van der Waals surface area (Å²) in [4.78, 5) is 37.4. The molecule has 0 bridgehead atoms. The molecule has 2 aromatic heterocycles. The van der Waals surface area contributed by atoms with Crippen molar-refractivity contribution >= 4 is 39.2 Å². The summed E-state index contributed by atoms with van der Waals surface area (Å²) >= 11 is 1.38. The Hall–Kier alpha value is -2.87. The van der Waals surface area contributed by atoms with Crippen molar-refractivity contribution in [2.24, 2.45) is 5.92 Å². The molecule has 1 aliphatic rings. The summed E-state index contributed by atoms with van der Waals surface area (Å²) in [6.45, 7) is 3.60. The molecule has 1 aliphatic carbocycles. The summed E-state index contributed by atoms with van der Waals surface area (Å²) < 4.78 is 6.49. The van der Waals surface area contributed by atoms with Gasteiger partial charge in [0.05, 0.1) is 27.2 Å². The largest absolute Gasteiger partial charge is 0.460 e. The number of thiazole rings is 1. The highest BCUT2D eigenvalue weighted by atomic mass is 32.1. The van der Waals surface area contributed by atoms with E-state index in [1.54, 1.807) is 6.92 Å². The van der Waals surface area contributed by atoms with Crippen LogP contribution in [0.25, 0.3) is 10.2 Å². The van der Waals surface area contributed by atoms with Gasteiger partial charge < -0.3 is 4.74 Å². The maximum absolute atomic E-state index is 12.2. The minimum Gasteiger partial charge on any atom is -0.460 e. The lowest BCUT2D eigenvalue weighted by Gasteiger charge is -2.21. The number of ketones is 1.